The number of aliphatic imine (C=N–C) groups is 1. The lowest BCUT2D eigenvalue weighted by Gasteiger charge is -2.39. The van der Waals surface area contributed by atoms with Gasteiger partial charge in [0.1, 0.15) is 0 Å². The molecule has 0 saturated carbocycles. The predicted molar refractivity (Wildman–Crippen MR) is 90.2 cm³/mol. The van der Waals surface area contributed by atoms with E-state index in [2.05, 4.69) is 14.8 Å². The van der Waals surface area contributed by atoms with Crippen LogP contribution in [0.4, 0.5) is 32.2 Å². The van der Waals surface area contributed by atoms with Crippen LogP contribution in [0.15, 0.2) is 35.3 Å². The molecule has 0 amide bonds. The zero-order valence-corrected chi connectivity index (χ0v) is 15.2. The first kappa shape index (κ1) is 20.5. The quantitative estimate of drug-likeness (QED) is 0.474. The molecular formula is C17H14ClF6N3O. The third-order valence-corrected chi connectivity index (χ3v) is 4.48. The predicted octanol–water partition coefficient (Wildman–Crippen LogP) is 5.58. The van der Waals surface area contributed by atoms with E-state index in [1.807, 2.05) is 0 Å². The fourth-order valence-corrected chi connectivity index (χ4v) is 3.17. The molecule has 0 radical (unpaired) electrons. The fraction of sp³-hybridized carbons (Fsp3) is 0.412. The molecule has 11 heteroatoms. The summed E-state index contributed by atoms with van der Waals surface area (Å²) >= 11 is 5.53. The molecule has 0 atom stereocenters. The minimum Gasteiger partial charge on any atom is -0.450 e. The summed E-state index contributed by atoms with van der Waals surface area (Å²) in [6.45, 7) is 1.06. The molecule has 3 rings (SSSR count). The summed E-state index contributed by atoms with van der Waals surface area (Å²) in [5.41, 5.74) is -5.93. The molecule has 0 unspecified atom stereocenters. The number of hydrogen-bond acceptors (Lipinski definition) is 3. The SMILES string of the molecule is Cc1nn(-c2ccccc2)c2c1C(C(F)(F)F)(C(F)(F)F)OC(CCCCl)=N2. The van der Waals surface area contributed by atoms with Crippen molar-refractivity contribution in [1.82, 2.24) is 9.78 Å². The van der Waals surface area contributed by atoms with Crippen molar-refractivity contribution in [3.63, 3.8) is 0 Å². The number of alkyl halides is 7. The third kappa shape index (κ3) is 3.13. The van der Waals surface area contributed by atoms with Crippen LogP contribution in [0.3, 0.4) is 0 Å². The van der Waals surface area contributed by atoms with E-state index in [1.54, 1.807) is 18.2 Å². The first-order valence-corrected chi connectivity index (χ1v) is 8.68. The second-order valence-electron chi connectivity index (χ2n) is 6.11. The Hall–Kier alpha value is -2.23. The highest BCUT2D eigenvalue weighted by Gasteiger charge is 2.77. The number of aryl methyl sites for hydroxylation is 1. The topological polar surface area (TPSA) is 39.4 Å². The lowest BCUT2D eigenvalue weighted by atomic mass is 9.90. The number of rotatable bonds is 4. The first-order valence-electron chi connectivity index (χ1n) is 8.14. The fourth-order valence-electron chi connectivity index (χ4n) is 3.03. The van der Waals surface area contributed by atoms with Crippen molar-refractivity contribution >= 4 is 23.3 Å². The number of halogens is 7. The molecule has 1 aliphatic rings. The molecule has 28 heavy (non-hydrogen) atoms. The van der Waals surface area contributed by atoms with Gasteiger partial charge in [0, 0.05) is 12.3 Å². The Morgan fingerprint density at radius 1 is 1.07 bits per heavy atom. The third-order valence-electron chi connectivity index (χ3n) is 4.21. The van der Waals surface area contributed by atoms with Crippen LogP contribution in [0.5, 0.6) is 0 Å². The molecule has 0 N–H and O–H groups in total. The van der Waals surface area contributed by atoms with E-state index in [1.165, 1.54) is 12.1 Å². The van der Waals surface area contributed by atoms with Crippen molar-refractivity contribution < 1.29 is 31.1 Å². The van der Waals surface area contributed by atoms with Crippen LogP contribution in [-0.2, 0) is 10.3 Å². The van der Waals surface area contributed by atoms with Crippen molar-refractivity contribution in [2.75, 3.05) is 5.88 Å². The Morgan fingerprint density at radius 3 is 2.21 bits per heavy atom. The van der Waals surface area contributed by atoms with Gasteiger partial charge >= 0.3 is 18.0 Å². The highest BCUT2D eigenvalue weighted by atomic mass is 35.5. The summed E-state index contributed by atoms with van der Waals surface area (Å²) in [6.07, 6.45) is -11.8. The van der Waals surface area contributed by atoms with Gasteiger partial charge in [-0.1, -0.05) is 18.2 Å². The van der Waals surface area contributed by atoms with Crippen LogP contribution in [0, 0.1) is 6.92 Å². The molecule has 4 nitrogen and oxygen atoms in total. The molecule has 0 aliphatic carbocycles. The van der Waals surface area contributed by atoms with E-state index in [4.69, 9.17) is 11.6 Å². The summed E-state index contributed by atoms with van der Waals surface area (Å²) in [5, 5.41) is 3.90. The van der Waals surface area contributed by atoms with Crippen molar-refractivity contribution in [2.45, 2.75) is 37.7 Å². The highest BCUT2D eigenvalue weighted by Crippen LogP contribution is 2.58. The van der Waals surface area contributed by atoms with Gasteiger partial charge in [0.05, 0.1) is 16.9 Å². The number of nitrogens with zero attached hydrogens (tertiary/aromatic N) is 3. The van der Waals surface area contributed by atoms with Gasteiger partial charge in [-0.3, -0.25) is 0 Å². The summed E-state index contributed by atoms with van der Waals surface area (Å²) in [7, 11) is 0. The van der Waals surface area contributed by atoms with Crippen molar-refractivity contribution in [3.8, 4) is 5.69 Å². The standard InChI is InChI=1S/C17H14ClF6N3O/c1-10-13-14(27(26-10)11-6-3-2-4-7-11)25-12(8-5-9-18)28-15(13,16(19,20)21)17(22,23)24/h2-4,6-7H,5,8-9H2,1H3. The Kier molecular flexibility index (Phi) is 5.11. The van der Waals surface area contributed by atoms with Gasteiger partial charge in [-0.25, -0.2) is 4.68 Å². The van der Waals surface area contributed by atoms with Crippen LogP contribution in [0.25, 0.3) is 5.69 Å². The minimum absolute atomic E-state index is 0.0250. The Balaban J connectivity index is 2.34. The number of aromatic nitrogens is 2. The molecular weight excluding hydrogens is 412 g/mol. The molecule has 0 spiro atoms. The monoisotopic (exact) mass is 425 g/mol. The first-order chi connectivity index (χ1) is 13.0. The maximum Gasteiger partial charge on any atom is 0.442 e. The molecule has 1 aromatic carbocycles. The molecule has 1 aliphatic heterocycles. The Bertz CT molecular complexity index is 875. The van der Waals surface area contributed by atoms with Gasteiger partial charge < -0.3 is 4.74 Å². The van der Waals surface area contributed by atoms with Gasteiger partial charge in [-0.05, 0) is 25.5 Å². The van der Waals surface area contributed by atoms with E-state index in [-0.39, 0.29) is 24.4 Å². The van der Waals surface area contributed by atoms with Gasteiger partial charge in [-0.15, -0.1) is 11.6 Å². The Morgan fingerprint density at radius 2 is 1.68 bits per heavy atom. The van der Waals surface area contributed by atoms with E-state index in [0.29, 0.717) is 0 Å². The van der Waals surface area contributed by atoms with Gasteiger partial charge in [0.25, 0.3) is 0 Å². The largest absolute Gasteiger partial charge is 0.450 e. The molecule has 0 bridgehead atoms. The summed E-state index contributed by atoms with van der Waals surface area (Å²) < 4.78 is 88.9. The summed E-state index contributed by atoms with van der Waals surface area (Å²) in [4.78, 5) is 3.94. The van der Waals surface area contributed by atoms with Crippen molar-refractivity contribution in [3.05, 3.63) is 41.6 Å². The van der Waals surface area contributed by atoms with E-state index in [9.17, 15) is 26.3 Å². The van der Waals surface area contributed by atoms with Gasteiger partial charge in [0.2, 0.25) is 0 Å². The molecule has 1 aromatic heterocycles. The van der Waals surface area contributed by atoms with Crippen LogP contribution in [-0.4, -0.2) is 33.9 Å². The summed E-state index contributed by atoms with van der Waals surface area (Å²) in [6, 6.07) is 7.81. The average molecular weight is 426 g/mol. The van der Waals surface area contributed by atoms with Gasteiger partial charge in [0.15, 0.2) is 11.7 Å². The normalized spacial score (nSPS) is 16.4. The number of ether oxygens (including phenoxy) is 1. The lowest BCUT2D eigenvalue weighted by Crippen LogP contribution is -2.58. The van der Waals surface area contributed by atoms with Crippen molar-refractivity contribution in [1.29, 1.82) is 0 Å². The lowest BCUT2D eigenvalue weighted by molar-refractivity contribution is -0.370. The number of benzene rings is 1. The highest BCUT2D eigenvalue weighted by molar-refractivity contribution is 6.17. The Labute approximate surface area is 160 Å². The summed E-state index contributed by atoms with van der Waals surface area (Å²) in [5.74, 6) is -1.23. The number of para-hydroxylation sites is 1. The van der Waals surface area contributed by atoms with E-state index >= 15 is 0 Å². The van der Waals surface area contributed by atoms with Crippen LogP contribution < -0.4 is 0 Å². The maximum atomic E-state index is 13.9. The number of hydrogen-bond donors (Lipinski definition) is 0. The minimum atomic E-state index is -5.79. The zero-order valence-electron chi connectivity index (χ0n) is 14.4. The zero-order chi connectivity index (χ0) is 20.7. The smallest absolute Gasteiger partial charge is 0.442 e. The van der Waals surface area contributed by atoms with Crippen LogP contribution >= 0.6 is 11.6 Å². The van der Waals surface area contributed by atoms with Crippen LogP contribution in [0.2, 0.25) is 0 Å². The second kappa shape index (κ2) is 6.98. The average Bonchev–Trinajstić information content (AvgIpc) is 2.95. The maximum absolute atomic E-state index is 13.9. The van der Waals surface area contributed by atoms with Gasteiger partial charge in [-0.2, -0.15) is 36.4 Å². The van der Waals surface area contributed by atoms with E-state index < -0.39 is 40.9 Å². The molecule has 152 valence electrons. The van der Waals surface area contributed by atoms with Crippen LogP contribution in [0.1, 0.15) is 24.1 Å². The van der Waals surface area contributed by atoms with Crippen molar-refractivity contribution in [2.24, 2.45) is 4.99 Å². The molecule has 0 saturated heterocycles. The molecule has 0 fully saturated rings. The second-order valence-corrected chi connectivity index (χ2v) is 6.49. The molecule has 2 aromatic rings. The molecule has 2 heterocycles. The van der Waals surface area contributed by atoms with E-state index in [0.717, 1.165) is 11.6 Å². The number of fused-ring (bicyclic) bond motifs is 1.